The summed E-state index contributed by atoms with van der Waals surface area (Å²) in [5, 5.41) is 0.455. The Morgan fingerprint density at radius 3 is 2.79 bits per heavy atom. The highest BCUT2D eigenvalue weighted by Gasteiger charge is 2.35. The number of imidazole rings is 1. The summed E-state index contributed by atoms with van der Waals surface area (Å²) in [6, 6.07) is 4.92. The van der Waals surface area contributed by atoms with Crippen molar-refractivity contribution in [1.82, 2.24) is 9.55 Å². The molecular formula is C13H10ClN3O2. The normalized spacial score (nSPS) is 14.1. The van der Waals surface area contributed by atoms with Crippen LogP contribution in [-0.2, 0) is 11.3 Å². The Kier molecular flexibility index (Phi) is 2.83. The number of aromatic nitrogens is 2. The van der Waals surface area contributed by atoms with Crippen LogP contribution in [0.1, 0.15) is 10.4 Å². The first-order chi connectivity index (χ1) is 9.16. The number of halogens is 1. The van der Waals surface area contributed by atoms with Gasteiger partial charge in [-0.25, -0.2) is 4.98 Å². The van der Waals surface area contributed by atoms with E-state index >= 15 is 0 Å². The van der Waals surface area contributed by atoms with Crippen molar-refractivity contribution in [2.75, 3.05) is 11.4 Å². The summed E-state index contributed by atoms with van der Waals surface area (Å²) >= 11 is 5.85. The molecule has 1 amide bonds. The van der Waals surface area contributed by atoms with E-state index < -0.39 is 11.7 Å². The van der Waals surface area contributed by atoms with Crippen LogP contribution in [0, 0.1) is 0 Å². The molecule has 96 valence electrons. The molecule has 0 aliphatic carbocycles. The van der Waals surface area contributed by atoms with Gasteiger partial charge in [0.15, 0.2) is 0 Å². The topological polar surface area (TPSA) is 55.2 Å². The van der Waals surface area contributed by atoms with Crippen LogP contribution >= 0.6 is 11.6 Å². The summed E-state index contributed by atoms with van der Waals surface area (Å²) in [6.45, 7) is 1.01. The number of ketones is 1. The first kappa shape index (κ1) is 11.9. The molecule has 1 aromatic carbocycles. The van der Waals surface area contributed by atoms with Gasteiger partial charge in [-0.2, -0.15) is 0 Å². The van der Waals surface area contributed by atoms with Gasteiger partial charge in [0.25, 0.3) is 11.7 Å². The smallest absolute Gasteiger partial charge is 0.299 e. The number of fused-ring (bicyclic) bond motifs is 1. The molecule has 0 saturated carbocycles. The average molecular weight is 276 g/mol. The number of Topliss-reactive ketones (excluding diaryl/α,β-unsaturated/α-hetero) is 1. The molecule has 5 nitrogen and oxygen atoms in total. The van der Waals surface area contributed by atoms with Crippen molar-refractivity contribution in [3.05, 3.63) is 47.5 Å². The van der Waals surface area contributed by atoms with Crippen LogP contribution in [0.4, 0.5) is 5.69 Å². The second-order valence-electron chi connectivity index (χ2n) is 4.25. The van der Waals surface area contributed by atoms with Crippen LogP contribution in [-0.4, -0.2) is 27.8 Å². The van der Waals surface area contributed by atoms with Gasteiger partial charge in [-0.1, -0.05) is 11.6 Å². The van der Waals surface area contributed by atoms with E-state index in [0.717, 1.165) is 0 Å². The molecule has 0 radical (unpaired) electrons. The summed E-state index contributed by atoms with van der Waals surface area (Å²) in [7, 11) is 0. The predicted molar refractivity (Wildman–Crippen MR) is 70.4 cm³/mol. The van der Waals surface area contributed by atoms with E-state index in [2.05, 4.69) is 4.98 Å². The van der Waals surface area contributed by atoms with Crippen LogP contribution in [0.3, 0.4) is 0 Å². The molecule has 0 saturated heterocycles. The van der Waals surface area contributed by atoms with E-state index in [0.29, 0.717) is 29.4 Å². The molecule has 2 aromatic rings. The molecule has 6 heteroatoms. The lowest BCUT2D eigenvalue weighted by molar-refractivity contribution is -0.114. The molecule has 19 heavy (non-hydrogen) atoms. The molecule has 0 fully saturated rings. The summed E-state index contributed by atoms with van der Waals surface area (Å²) in [4.78, 5) is 29.2. The van der Waals surface area contributed by atoms with Gasteiger partial charge in [0, 0.05) is 30.5 Å². The minimum Gasteiger partial charge on any atom is -0.336 e. The zero-order valence-corrected chi connectivity index (χ0v) is 10.7. The van der Waals surface area contributed by atoms with E-state index in [1.54, 1.807) is 24.7 Å². The van der Waals surface area contributed by atoms with Crippen LogP contribution < -0.4 is 4.90 Å². The van der Waals surface area contributed by atoms with Gasteiger partial charge >= 0.3 is 0 Å². The highest BCUT2D eigenvalue weighted by Crippen LogP contribution is 2.30. The van der Waals surface area contributed by atoms with Crippen molar-refractivity contribution in [1.29, 1.82) is 0 Å². The number of hydrogen-bond acceptors (Lipinski definition) is 3. The van der Waals surface area contributed by atoms with Gasteiger partial charge in [0.2, 0.25) is 0 Å². The van der Waals surface area contributed by atoms with Crippen molar-refractivity contribution >= 4 is 29.0 Å². The maximum Gasteiger partial charge on any atom is 0.299 e. The van der Waals surface area contributed by atoms with Crippen molar-refractivity contribution in [3.63, 3.8) is 0 Å². The highest BCUT2D eigenvalue weighted by atomic mass is 35.5. The van der Waals surface area contributed by atoms with Gasteiger partial charge in [0.1, 0.15) is 0 Å². The maximum absolute atomic E-state index is 11.9. The first-order valence-electron chi connectivity index (χ1n) is 5.78. The molecule has 0 bridgehead atoms. The van der Waals surface area contributed by atoms with Crippen molar-refractivity contribution < 1.29 is 9.59 Å². The third-order valence-corrected chi connectivity index (χ3v) is 3.31. The number of carbonyl (C=O) groups is 2. The molecule has 0 atom stereocenters. The van der Waals surface area contributed by atoms with Crippen LogP contribution in [0.25, 0.3) is 0 Å². The number of hydrogen-bond donors (Lipinski definition) is 0. The summed E-state index contributed by atoms with van der Waals surface area (Å²) in [5.74, 6) is -1.000. The van der Waals surface area contributed by atoms with E-state index in [9.17, 15) is 9.59 Å². The Morgan fingerprint density at radius 2 is 2.05 bits per heavy atom. The second kappa shape index (κ2) is 4.51. The number of amides is 1. The zero-order chi connectivity index (χ0) is 13.4. The minimum atomic E-state index is -0.502. The van der Waals surface area contributed by atoms with Crippen molar-refractivity contribution in [2.24, 2.45) is 0 Å². The average Bonchev–Trinajstić information content (AvgIpc) is 2.98. The number of benzene rings is 1. The molecule has 2 heterocycles. The van der Waals surface area contributed by atoms with E-state index in [4.69, 9.17) is 11.6 Å². The highest BCUT2D eigenvalue weighted by molar-refractivity contribution is 6.52. The SMILES string of the molecule is O=C1C(=O)N(CCn2ccnc2)c2ccc(Cl)cc21. The lowest BCUT2D eigenvalue weighted by Crippen LogP contribution is -2.32. The van der Waals surface area contributed by atoms with Gasteiger partial charge in [-0.15, -0.1) is 0 Å². The van der Waals surface area contributed by atoms with Crippen LogP contribution in [0.5, 0.6) is 0 Å². The Morgan fingerprint density at radius 1 is 1.21 bits per heavy atom. The van der Waals surface area contributed by atoms with Gasteiger partial charge in [-0.05, 0) is 18.2 Å². The molecule has 3 rings (SSSR count). The third-order valence-electron chi connectivity index (χ3n) is 3.07. The quantitative estimate of drug-likeness (QED) is 0.802. The van der Waals surface area contributed by atoms with Crippen LogP contribution in [0.15, 0.2) is 36.9 Å². The Bertz CT molecular complexity index is 652. The minimum absolute atomic E-state index is 0.378. The lowest BCUT2D eigenvalue weighted by Gasteiger charge is -2.16. The third kappa shape index (κ3) is 2.02. The monoisotopic (exact) mass is 275 g/mol. The van der Waals surface area contributed by atoms with Gasteiger partial charge in [-0.3, -0.25) is 9.59 Å². The molecule has 1 aromatic heterocycles. The van der Waals surface area contributed by atoms with Crippen molar-refractivity contribution in [3.8, 4) is 0 Å². The second-order valence-corrected chi connectivity index (χ2v) is 4.68. The fourth-order valence-corrected chi connectivity index (χ4v) is 2.30. The number of anilines is 1. The van der Waals surface area contributed by atoms with Gasteiger partial charge in [0.05, 0.1) is 17.6 Å². The van der Waals surface area contributed by atoms with Gasteiger partial charge < -0.3 is 9.47 Å². The zero-order valence-electron chi connectivity index (χ0n) is 9.91. The number of nitrogens with zero attached hydrogens (tertiary/aromatic N) is 3. The van der Waals surface area contributed by atoms with E-state index in [1.807, 2.05) is 10.8 Å². The summed E-state index contributed by atoms with van der Waals surface area (Å²) in [5.41, 5.74) is 1.00. The molecule has 0 spiro atoms. The van der Waals surface area contributed by atoms with E-state index in [1.165, 1.54) is 11.0 Å². The predicted octanol–water partition coefficient (Wildman–Crippen LogP) is 1.77. The maximum atomic E-state index is 11.9. The summed E-state index contributed by atoms with van der Waals surface area (Å²) < 4.78 is 1.85. The van der Waals surface area contributed by atoms with E-state index in [-0.39, 0.29) is 0 Å². The van der Waals surface area contributed by atoms with Crippen molar-refractivity contribution in [2.45, 2.75) is 6.54 Å². The first-order valence-corrected chi connectivity index (χ1v) is 6.16. The Balaban J connectivity index is 1.87. The summed E-state index contributed by atoms with van der Waals surface area (Å²) in [6.07, 6.45) is 5.15. The fraction of sp³-hybridized carbons (Fsp3) is 0.154. The molecule has 1 aliphatic rings. The largest absolute Gasteiger partial charge is 0.336 e. The van der Waals surface area contributed by atoms with Crippen LogP contribution in [0.2, 0.25) is 5.02 Å². The number of carbonyl (C=O) groups excluding carboxylic acids is 2. The standard InChI is InChI=1S/C13H10ClN3O2/c14-9-1-2-11-10(7-9)12(18)13(19)17(11)6-5-16-4-3-15-8-16/h1-4,7-8H,5-6H2. The molecule has 0 unspecified atom stereocenters. The molecular weight excluding hydrogens is 266 g/mol. The molecule has 1 aliphatic heterocycles. The molecule has 0 N–H and O–H groups in total. The Labute approximate surface area is 114 Å². The Hall–Kier alpha value is -2.14. The lowest BCUT2D eigenvalue weighted by atomic mass is 10.1. The number of rotatable bonds is 3. The fourth-order valence-electron chi connectivity index (χ4n) is 2.13.